The predicted molar refractivity (Wildman–Crippen MR) is 78.9 cm³/mol. The maximum Gasteiger partial charge on any atom is 0.150 e. The second kappa shape index (κ2) is 9.16. The number of aliphatic imine (C=N–C) groups is 1. The van der Waals surface area contributed by atoms with Crippen molar-refractivity contribution in [3.05, 3.63) is 47.2 Å². The summed E-state index contributed by atoms with van der Waals surface area (Å²) in [5.41, 5.74) is 3.42. The summed E-state index contributed by atoms with van der Waals surface area (Å²) in [6.07, 6.45) is 8.69. The lowest BCUT2D eigenvalue weighted by atomic mass is 9.96. The van der Waals surface area contributed by atoms with E-state index in [0.717, 1.165) is 29.4 Å². The molecule has 0 unspecified atom stereocenters. The van der Waals surface area contributed by atoms with E-state index in [1.54, 1.807) is 38.7 Å². The van der Waals surface area contributed by atoms with Gasteiger partial charge in [-0.25, -0.2) is 0 Å². The molecule has 0 aliphatic rings. The summed E-state index contributed by atoms with van der Waals surface area (Å²) in [6.45, 7) is 8.00. The molecule has 0 aromatic heterocycles. The van der Waals surface area contributed by atoms with Crippen LogP contribution in [-0.4, -0.2) is 26.6 Å². The summed E-state index contributed by atoms with van der Waals surface area (Å²) in [5.74, 6) is 0. The highest BCUT2D eigenvalue weighted by Gasteiger charge is 2.07. The molecule has 1 N–H and O–H groups in total. The first-order valence-corrected chi connectivity index (χ1v) is 5.93. The molecule has 0 aromatic carbocycles. The fraction of sp³-hybridized carbons (Fsp3) is 0.333. The number of hydrogen-bond acceptors (Lipinski definition) is 3. The molecular formula is C15H22N2O. The van der Waals surface area contributed by atoms with Crippen molar-refractivity contribution in [1.29, 1.82) is 0 Å². The van der Waals surface area contributed by atoms with E-state index in [0.29, 0.717) is 5.57 Å². The van der Waals surface area contributed by atoms with Crippen LogP contribution in [0.3, 0.4) is 0 Å². The highest BCUT2D eigenvalue weighted by molar-refractivity contribution is 5.98. The van der Waals surface area contributed by atoms with Crippen molar-refractivity contribution in [2.45, 2.75) is 20.3 Å². The minimum Gasteiger partial charge on any atom is -0.394 e. The van der Waals surface area contributed by atoms with Crippen molar-refractivity contribution in [3.8, 4) is 0 Å². The van der Waals surface area contributed by atoms with Crippen molar-refractivity contribution in [2.24, 2.45) is 4.99 Å². The lowest BCUT2D eigenvalue weighted by molar-refractivity contribution is -0.104. The Morgan fingerprint density at radius 2 is 2.11 bits per heavy atom. The minimum atomic E-state index is 0.596. The highest BCUT2D eigenvalue weighted by Crippen LogP contribution is 2.19. The Kier molecular flexibility index (Phi) is 8.20. The van der Waals surface area contributed by atoms with E-state index in [-0.39, 0.29) is 0 Å². The van der Waals surface area contributed by atoms with Crippen LogP contribution in [0.5, 0.6) is 0 Å². The van der Waals surface area contributed by atoms with E-state index in [2.05, 4.69) is 16.9 Å². The molecule has 3 nitrogen and oxygen atoms in total. The van der Waals surface area contributed by atoms with Crippen molar-refractivity contribution in [2.75, 3.05) is 14.1 Å². The van der Waals surface area contributed by atoms with Gasteiger partial charge in [0.2, 0.25) is 0 Å². The fourth-order valence-electron chi connectivity index (χ4n) is 1.41. The van der Waals surface area contributed by atoms with Gasteiger partial charge < -0.3 is 5.32 Å². The standard InChI is InChI=1S/C15H22N2O/c1-6-12(2)13(3)15(10-17-5)14(11-18)8-7-9-16-4/h7-11,16H,2,6H2,1,3-5H3/b9-7-,14-8+,15-13+,17-10-. The summed E-state index contributed by atoms with van der Waals surface area (Å²) in [7, 11) is 3.49. The van der Waals surface area contributed by atoms with Crippen LogP contribution in [0, 0.1) is 0 Å². The Labute approximate surface area is 110 Å². The topological polar surface area (TPSA) is 41.5 Å². The van der Waals surface area contributed by atoms with E-state index in [1.165, 1.54) is 0 Å². The van der Waals surface area contributed by atoms with Crippen LogP contribution in [-0.2, 0) is 4.79 Å². The molecule has 0 aromatic rings. The number of carbonyl (C=O) groups is 1. The molecule has 0 aliphatic carbocycles. The SMILES string of the molecule is C=C(CC)/C(C)=C(\C=N/C)C(/C=O)=C/C=C\NC. The van der Waals surface area contributed by atoms with Gasteiger partial charge in [0, 0.05) is 31.5 Å². The molecule has 0 heterocycles. The van der Waals surface area contributed by atoms with E-state index in [9.17, 15) is 4.79 Å². The maximum atomic E-state index is 11.2. The van der Waals surface area contributed by atoms with Gasteiger partial charge >= 0.3 is 0 Å². The van der Waals surface area contributed by atoms with Gasteiger partial charge in [-0.3, -0.25) is 9.79 Å². The summed E-state index contributed by atoms with van der Waals surface area (Å²) >= 11 is 0. The van der Waals surface area contributed by atoms with Crippen LogP contribution in [0.15, 0.2) is 52.2 Å². The number of carbonyl (C=O) groups excluding carboxylic acids is 1. The molecule has 0 bridgehead atoms. The Morgan fingerprint density at radius 3 is 2.56 bits per heavy atom. The summed E-state index contributed by atoms with van der Waals surface area (Å²) in [6, 6.07) is 0. The van der Waals surface area contributed by atoms with Crippen LogP contribution in [0.1, 0.15) is 20.3 Å². The van der Waals surface area contributed by atoms with Crippen molar-refractivity contribution in [3.63, 3.8) is 0 Å². The molecule has 3 heteroatoms. The van der Waals surface area contributed by atoms with Gasteiger partial charge in [0.1, 0.15) is 0 Å². The van der Waals surface area contributed by atoms with Gasteiger partial charge in [-0.05, 0) is 37.3 Å². The third-order valence-corrected chi connectivity index (χ3v) is 2.60. The van der Waals surface area contributed by atoms with Crippen molar-refractivity contribution in [1.82, 2.24) is 5.32 Å². The van der Waals surface area contributed by atoms with Crippen LogP contribution in [0.2, 0.25) is 0 Å². The third-order valence-electron chi connectivity index (χ3n) is 2.60. The minimum absolute atomic E-state index is 0.596. The zero-order chi connectivity index (χ0) is 14.0. The first-order chi connectivity index (χ1) is 8.62. The first kappa shape index (κ1) is 16.1. The van der Waals surface area contributed by atoms with Crippen LogP contribution in [0.4, 0.5) is 0 Å². The maximum absolute atomic E-state index is 11.2. The number of aldehydes is 1. The number of hydrogen-bond donors (Lipinski definition) is 1. The zero-order valence-corrected chi connectivity index (χ0v) is 11.7. The fourth-order valence-corrected chi connectivity index (χ4v) is 1.41. The Balaban J connectivity index is 5.58. The molecule has 0 radical (unpaired) electrons. The largest absolute Gasteiger partial charge is 0.394 e. The van der Waals surface area contributed by atoms with Crippen LogP contribution >= 0.6 is 0 Å². The molecule has 0 aliphatic heterocycles. The normalized spacial score (nSPS) is 13.9. The molecule has 0 atom stereocenters. The Hall–Kier alpha value is -1.90. The van der Waals surface area contributed by atoms with Gasteiger partial charge in [0.25, 0.3) is 0 Å². The Morgan fingerprint density at radius 1 is 1.44 bits per heavy atom. The monoisotopic (exact) mass is 246 g/mol. The number of nitrogens with one attached hydrogen (secondary N) is 1. The lowest BCUT2D eigenvalue weighted by Gasteiger charge is -2.09. The molecule has 0 spiro atoms. The molecule has 18 heavy (non-hydrogen) atoms. The van der Waals surface area contributed by atoms with E-state index < -0.39 is 0 Å². The number of nitrogens with zero attached hydrogens (tertiary/aromatic N) is 1. The van der Waals surface area contributed by atoms with Crippen LogP contribution in [0.25, 0.3) is 0 Å². The summed E-state index contributed by atoms with van der Waals surface area (Å²) in [5, 5.41) is 2.87. The second-order valence-corrected chi connectivity index (χ2v) is 3.77. The zero-order valence-electron chi connectivity index (χ0n) is 11.7. The van der Waals surface area contributed by atoms with Crippen molar-refractivity contribution < 1.29 is 4.79 Å². The average molecular weight is 246 g/mol. The van der Waals surface area contributed by atoms with E-state index >= 15 is 0 Å². The summed E-state index contributed by atoms with van der Waals surface area (Å²) in [4.78, 5) is 15.2. The quantitative estimate of drug-likeness (QED) is 0.325. The van der Waals surface area contributed by atoms with Crippen LogP contribution < -0.4 is 5.32 Å². The third kappa shape index (κ3) is 4.95. The van der Waals surface area contributed by atoms with E-state index in [1.807, 2.05) is 13.8 Å². The average Bonchev–Trinajstić information content (AvgIpc) is 2.40. The number of rotatable bonds is 7. The highest BCUT2D eigenvalue weighted by atomic mass is 16.1. The smallest absolute Gasteiger partial charge is 0.150 e. The molecule has 98 valence electrons. The predicted octanol–water partition coefficient (Wildman–Crippen LogP) is 2.83. The second-order valence-electron chi connectivity index (χ2n) is 3.77. The molecule has 0 amide bonds. The molecular weight excluding hydrogens is 224 g/mol. The van der Waals surface area contributed by atoms with E-state index in [4.69, 9.17) is 0 Å². The summed E-state index contributed by atoms with van der Waals surface area (Å²) < 4.78 is 0. The van der Waals surface area contributed by atoms with Gasteiger partial charge in [-0.2, -0.15) is 0 Å². The molecule has 0 saturated carbocycles. The van der Waals surface area contributed by atoms with Gasteiger partial charge in [0.05, 0.1) is 0 Å². The molecule has 0 saturated heterocycles. The lowest BCUT2D eigenvalue weighted by Crippen LogP contribution is -1.99. The van der Waals surface area contributed by atoms with Gasteiger partial charge in [-0.15, -0.1) is 0 Å². The first-order valence-electron chi connectivity index (χ1n) is 5.93. The molecule has 0 fully saturated rings. The Bertz CT molecular complexity index is 412. The number of allylic oxidation sites excluding steroid dienone is 6. The van der Waals surface area contributed by atoms with Gasteiger partial charge in [-0.1, -0.05) is 19.1 Å². The molecule has 0 rings (SSSR count). The van der Waals surface area contributed by atoms with Crippen molar-refractivity contribution >= 4 is 12.5 Å². The van der Waals surface area contributed by atoms with Gasteiger partial charge in [0.15, 0.2) is 6.29 Å².